The van der Waals surface area contributed by atoms with Crippen LogP contribution in [0.5, 0.6) is 0 Å². The number of hydrogen-bond acceptors (Lipinski definition) is 3. The largest absolute Gasteiger partial charge is 0.467 e. The quantitative estimate of drug-likeness (QED) is 0.678. The van der Waals surface area contributed by atoms with Crippen LogP contribution < -0.4 is 0 Å². The van der Waals surface area contributed by atoms with Gasteiger partial charge in [-0.3, -0.25) is 0 Å². The Morgan fingerprint density at radius 3 is 2.65 bits per heavy atom. The van der Waals surface area contributed by atoms with E-state index in [1.54, 1.807) is 6.08 Å². The Balaban J connectivity index is 2.41. The lowest BCUT2D eigenvalue weighted by Crippen LogP contribution is -2.43. The van der Waals surface area contributed by atoms with E-state index in [-0.39, 0.29) is 17.8 Å². The monoisotopic (exact) mass is 274 g/mol. The summed E-state index contributed by atoms with van der Waals surface area (Å²) in [6.45, 7) is 5.90. The maximum absolute atomic E-state index is 12.0. The van der Waals surface area contributed by atoms with Gasteiger partial charge in [0, 0.05) is 5.92 Å². The Bertz CT molecular complexity index is 482. The minimum Gasteiger partial charge on any atom is -0.467 e. The maximum Gasteiger partial charge on any atom is 0.338 e. The summed E-state index contributed by atoms with van der Waals surface area (Å²) in [6.07, 6.45) is 2.97. The number of esters is 1. The smallest absolute Gasteiger partial charge is 0.338 e. The number of rotatable bonds is 4. The van der Waals surface area contributed by atoms with Gasteiger partial charge in [-0.1, -0.05) is 49.8 Å². The number of ether oxygens (including phenoxy) is 1. The maximum atomic E-state index is 12.0. The van der Waals surface area contributed by atoms with Crippen molar-refractivity contribution in [1.29, 1.82) is 0 Å². The van der Waals surface area contributed by atoms with E-state index in [0.29, 0.717) is 6.42 Å². The first-order valence-electron chi connectivity index (χ1n) is 7.06. The van der Waals surface area contributed by atoms with E-state index in [2.05, 4.69) is 25.6 Å². The molecular formula is C17H22O3. The summed E-state index contributed by atoms with van der Waals surface area (Å²) in [7, 11) is 1.32. The van der Waals surface area contributed by atoms with Crippen molar-refractivity contribution in [3.8, 4) is 0 Å². The third-order valence-electron chi connectivity index (χ3n) is 4.55. The van der Waals surface area contributed by atoms with Gasteiger partial charge in [0.05, 0.1) is 7.11 Å². The fraction of sp³-hybridized carbons (Fsp3) is 0.471. The highest BCUT2D eigenvalue weighted by Gasteiger charge is 2.56. The number of aliphatic hydroxyl groups is 1. The second-order valence-corrected chi connectivity index (χ2v) is 5.47. The predicted molar refractivity (Wildman–Crippen MR) is 78.2 cm³/mol. The van der Waals surface area contributed by atoms with Crippen LogP contribution in [0.3, 0.4) is 0 Å². The van der Waals surface area contributed by atoms with Crippen LogP contribution in [-0.4, -0.2) is 23.8 Å². The van der Waals surface area contributed by atoms with Gasteiger partial charge in [0.25, 0.3) is 0 Å². The lowest BCUT2D eigenvalue weighted by Gasteiger charge is -2.27. The summed E-state index contributed by atoms with van der Waals surface area (Å²) >= 11 is 0. The van der Waals surface area contributed by atoms with Gasteiger partial charge in [-0.25, -0.2) is 4.79 Å². The molecule has 1 fully saturated rings. The fourth-order valence-electron chi connectivity index (χ4n) is 3.60. The zero-order valence-electron chi connectivity index (χ0n) is 12.1. The molecule has 2 rings (SSSR count). The number of carbonyl (C=O) groups is 1. The molecule has 0 heterocycles. The van der Waals surface area contributed by atoms with Gasteiger partial charge in [-0.05, 0) is 23.8 Å². The molecule has 0 aliphatic heterocycles. The molecule has 1 aromatic rings. The zero-order valence-corrected chi connectivity index (χ0v) is 12.1. The minimum absolute atomic E-state index is 0.147. The zero-order chi connectivity index (χ0) is 14.8. The molecule has 108 valence electrons. The molecular weight excluding hydrogens is 252 g/mol. The van der Waals surface area contributed by atoms with E-state index in [1.807, 2.05) is 18.2 Å². The molecule has 0 saturated heterocycles. The van der Waals surface area contributed by atoms with Gasteiger partial charge in [0.15, 0.2) is 5.60 Å². The molecule has 1 N–H and O–H groups in total. The third kappa shape index (κ3) is 2.27. The van der Waals surface area contributed by atoms with Gasteiger partial charge in [-0.2, -0.15) is 0 Å². The summed E-state index contributed by atoms with van der Waals surface area (Å²) in [4.78, 5) is 12.0. The molecule has 0 aromatic heterocycles. The molecule has 1 aliphatic carbocycles. The molecule has 1 aromatic carbocycles. The number of benzene rings is 1. The minimum atomic E-state index is -1.46. The van der Waals surface area contributed by atoms with Crippen LogP contribution in [0, 0.1) is 11.8 Å². The molecule has 0 unspecified atom stereocenters. The highest BCUT2D eigenvalue weighted by Crippen LogP contribution is 2.51. The van der Waals surface area contributed by atoms with E-state index in [1.165, 1.54) is 7.11 Å². The summed E-state index contributed by atoms with van der Waals surface area (Å²) < 4.78 is 4.81. The first-order valence-corrected chi connectivity index (χ1v) is 7.06. The molecule has 3 heteroatoms. The molecule has 0 bridgehead atoms. The third-order valence-corrected chi connectivity index (χ3v) is 4.55. The van der Waals surface area contributed by atoms with Crippen molar-refractivity contribution in [1.82, 2.24) is 0 Å². The standard InChI is InChI=1S/C17H22O3/c1-4-13-14(12-9-7-6-8-10-12)11-17(19,15(13)5-2)16(18)20-3/h5-10,13-15,19H,2,4,11H2,1,3H3/t13-,14-,15+,17-/m1/s1. The highest BCUT2D eigenvalue weighted by molar-refractivity contribution is 5.81. The summed E-state index contributed by atoms with van der Waals surface area (Å²) in [5, 5.41) is 10.8. The van der Waals surface area contributed by atoms with Crippen molar-refractivity contribution in [2.24, 2.45) is 11.8 Å². The molecule has 4 atom stereocenters. The van der Waals surface area contributed by atoms with Gasteiger partial charge in [-0.15, -0.1) is 6.58 Å². The van der Waals surface area contributed by atoms with Crippen molar-refractivity contribution < 1.29 is 14.6 Å². The second-order valence-electron chi connectivity index (χ2n) is 5.47. The average Bonchev–Trinajstić information content (AvgIpc) is 2.80. The van der Waals surface area contributed by atoms with E-state index < -0.39 is 11.6 Å². The summed E-state index contributed by atoms with van der Waals surface area (Å²) in [5.41, 5.74) is -0.302. The first kappa shape index (κ1) is 14.8. The van der Waals surface area contributed by atoms with Crippen LogP contribution in [0.4, 0.5) is 0 Å². The lowest BCUT2D eigenvalue weighted by molar-refractivity contribution is -0.165. The number of carbonyl (C=O) groups excluding carboxylic acids is 1. The van der Waals surface area contributed by atoms with Crippen molar-refractivity contribution in [3.63, 3.8) is 0 Å². The molecule has 20 heavy (non-hydrogen) atoms. The van der Waals surface area contributed by atoms with Crippen molar-refractivity contribution >= 4 is 5.97 Å². The Kier molecular flexibility index (Phi) is 4.29. The van der Waals surface area contributed by atoms with Crippen molar-refractivity contribution in [3.05, 3.63) is 48.6 Å². The van der Waals surface area contributed by atoms with Crippen LogP contribution in [0.25, 0.3) is 0 Å². The summed E-state index contributed by atoms with van der Waals surface area (Å²) in [5.74, 6) is -0.489. The first-order chi connectivity index (χ1) is 9.58. The normalized spacial score (nSPS) is 32.9. The Hall–Kier alpha value is -1.61. The fourth-order valence-corrected chi connectivity index (χ4v) is 3.60. The topological polar surface area (TPSA) is 46.5 Å². The highest BCUT2D eigenvalue weighted by atomic mass is 16.5. The van der Waals surface area contributed by atoms with Crippen LogP contribution >= 0.6 is 0 Å². The predicted octanol–water partition coefficient (Wildman–Crippen LogP) is 2.91. The van der Waals surface area contributed by atoms with Crippen LogP contribution in [-0.2, 0) is 9.53 Å². The molecule has 0 amide bonds. The van der Waals surface area contributed by atoms with Crippen molar-refractivity contribution in [2.45, 2.75) is 31.3 Å². The molecule has 3 nitrogen and oxygen atoms in total. The van der Waals surface area contributed by atoms with Gasteiger partial charge in [0.2, 0.25) is 0 Å². The number of methoxy groups -OCH3 is 1. The average molecular weight is 274 g/mol. The Labute approximate surface area is 120 Å². The van der Waals surface area contributed by atoms with Gasteiger partial charge >= 0.3 is 5.97 Å². The molecule has 0 radical (unpaired) electrons. The Morgan fingerprint density at radius 2 is 2.15 bits per heavy atom. The lowest BCUT2D eigenvalue weighted by atomic mass is 9.81. The van der Waals surface area contributed by atoms with Gasteiger partial charge < -0.3 is 9.84 Å². The van der Waals surface area contributed by atoms with Crippen molar-refractivity contribution in [2.75, 3.05) is 7.11 Å². The Morgan fingerprint density at radius 1 is 1.50 bits per heavy atom. The second kappa shape index (κ2) is 5.80. The van der Waals surface area contributed by atoms with Crippen LogP contribution in [0.2, 0.25) is 0 Å². The van der Waals surface area contributed by atoms with Crippen LogP contribution in [0.15, 0.2) is 43.0 Å². The summed E-state index contributed by atoms with van der Waals surface area (Å²) in [6, 6.07) is 10.0. The molecule has 1 saturated carbocycles. The SMILES string of the molecule is C=C[C@H]1[C@H](CC)[C@@H](c2ccccc2)C[C@]1(O)C(=O)OC. The van der Waals surface area contributed by atoms with E-state index in [0.717, 1.165) is 12.0 Å². The van der Waals surface area contributed by atoms with Crippen LogP contribution in [0.1, 0.15) is 31.2 Å². The van der Waals surface area contributed by atoms with E-state index >= 15 is 0 Å². The number of hydrogen-bond donors (Lipinski definition) is 1. The van der Waals surface area contributed by atoms with E-state index in [9.17, 15) is 9.90 Å². The molecule has 0 spiro atoms. The molecule has 1 aliphatic rings. The van der Waals surface area contributed by atoms with Gasteiger partial charge in [0.1, 0.15) is 0 Å². The van der Waals surface area contributed by atoms with E-state index in [4.69, 9.17) is 4.74 Å².